The maximum Gasteiger partial charge on any atom is 0.500 e. The number of methoxy groups -OCH3 is 2. The highest BCUT2D eigenvalue weighted by atomic mass is 28.4. The summed E-state index contributed by atoms with van der Waals surface area (Å²) in [5, 5.41) is 0. The standard InChI is InChI=1S/C18H44NO9Si3/c1-20-18(21-2)12-15-29(22-3)19(13-10-16-30(23-4,24-5)25-6)14-11-17-31(26-7,27-8)28-9/h18H,10-17H2,1-9H3. The molecular formula is C18H44NO9Si3. The molecule has 0 aromatic heterocycles. The van der Waals surface area contributed by atoms with Crippen molar-refractivity contribution in [2.45, 2.75) is 43.7 Å². The second kappa shape index (κ2) is 17.7. The summed E-state index contributed by atoms with van der Waals surface area (Å²) >= 11 is 0. The Morgan fingerprint density at radius 3 is 1.32 bits per heavy atom. The van der Waals surface area contributed by atoms with Crippen LogP contribution in [0.5, 0.6) is 0 Å². The molecule has 1 radical (unpaired) electrons. The van der Waals surface area contributed by atoms with Gasteiger partial charge >= 0.3 is 26.8 Å². The van der Waals surface area contributed by atoms with E-state index in [1.807, 2.05) is 0 Å². The zero-order valence-corrected chi connectivity index (χ0v) is 23.9. The monoisotopic (exact) mass is 502 g/mol. The summed E-state index contributed by atoms with van der Waals surface area (Å²) in [7, 11) is 8.46. The van der Waals surface area contributed by atoms with Gasteiger partial charge in [0.05, 0.1) is 0 Å². The van der Waals surface area contributed by atoms with Gasteiger partial charge in [-0.3, -0.25) is 0 Å². The van der Waals surface area contributed by atoms with Crippen molar-refractivity contribution in [2.75, 3.05) is 77.1 Å². The first-order valence-electron chi connectivity index (χ1n) is 10.4. The van der Waals surface area contributed by atoms with Crippen molar-refractivity contribution in [3.8, 4) is 0 Å². The number of rotatable bonds is 21. The third-order valence-electron chi connectivity index (χ3n) is 5.40. The minimum Gasteiger partial charge on any atom is -0.406 e. The van der Waals surface area contributed by atoms with Crippen LogP contribution in [0, 0.1) is 0 Å². The van der Waals surface area contributed by atoms with E-state index in [4.69, 9.17) is 40.5 Å². The first kappa shape index (κ1) is 31.3. The Morgan fingerprint density at radius 1 is 0.645 bits per heavy atom. The number of ether oxygens (including phenoxy) is 2. The SMILES string of the molecule is COC(CC[Si](OC)N(CCC[Si](OC)(OC)OC)CCC[Si](OC)(OC)OC)OC. The average Bonchev–Trinajstić information content (AvgIpc) is 2.82. The van der Waals surface area contributed by atoms with Crippen molar-refractivity contribution < 1.29 is 40.5 Å². The maximum absolute atomic E-state index is 5.93. The molecule has 0 aromatic carbocycles. The van der Waals surface area contributed by atoms with Crippen LogP contribution in [0.1, 0.15) is 19.3 Å². The van der Waals surface area contributed by atoms with Crippen molar-refractivity contribution in [3.63, 3.8) is 0 Å². The van der Waals surface area contributed by atoms with Crippen LogP contribution in [0.15, 0.2) is 0 Å². The fraction of sp³-hybridized carbons (Fsp3) is 1.00. The van der Waals surface area contributed by atoms with Gasteiger partial charge in [0.15, 0.2) is 6.29 Å². The fourth-order valence-electron chi connectivity index (χ4n) is 3.41. The van der Waals surface area contributed by atoms with Gasteiger partial charge in [-0.25, -0.2) is 0 Å². The summed E-state index contributed by atoms with van der Waals surface area (Å²) < 4.78 is 52.4. The Balaban J connectivity index is 5.12. The molecule has 0 aliphatic carbocycles. The molecule has 0 rings (SSSR count). The minimum atomic E-state index is -2.61. The summed E-state index contributed by atoms with van der Waals surface area (Å²) in [6, 6.07) is 2.34. The number of hydrogen-bond donors (Lipinski definition) is 0. The van der Waals surface area contributed by atoms with E-state index in [2.05, 4.69) is 4.57 Å². The predicted octanol–water partition coefficient (Wildman–Crippen LogP) is 1.97. The van der Waals surface area contributed by atoms with E-state index in [0.29, 0.717) is 0 Å². The summed E-state index contributed by atoms with van der Waals surface area (Å²) in [6.45, 7) is 1.69. The predicted molar refractivity (Wildman–Crippen MR) is 124 cm³/mol. The van der Waals surface area contributed by atoms with Crippen LogP contribution in [-0.4, -0.2) is 115 Å². The fourth-order valence-corrected chi connectivity index (χ4v) is 8.89. The lowest BCUT2D eigenvalue weighted by molar-refractivity contribution is -0.103. The van der Waals surface area contributed by atoms with Gasteiger partial charge in [0, 0.05) is 76.1 Å². The van der Waals surface area contributed by atoms with Crippen LogP contribution in [0.25, 0.3) is 0 Å². The van der Waals surface area contributed by atoms with Crippen molar-refractivity contribution in [2.24, 2.45) is 0 Å². The van der Waals surface area contributed by atoms with E-state index in [1.165, 1.54) is 0 Å². The quantitative estimate of drug-likeness (QED) is 0.171. The van der Waals surface area contributed by atoms with E-state index in [-0.39, 0.29) is 6.29 Å². The van der Waals surface area contributed by atoms with Crippen molar-refractivity contribution >= 4 is 26.8 Å². The van der Waals surface area contributed by atoms with Gasteiger partial charge in [0.25, 0.3) is 0 Å². The highest BCUT2D eigenvalue weighted by Gasteiger charge is 2.39. The molecule has 0 bridgehead atoms. The van der Waals surface area contributed by atoms with Crippen LogP contribution in [0.3, 0.4) is 0 Å². The number of nitrogens with zero attached hydrogens (tertiary/aromatic N) is 1. The zero-order valence-electron chi connectivity index (χ0n) is 20.9. The van der Waals surface area contributed by atoms with Crippen LogP contribution < -0.4 is 0 Å². The van der Waals surface area contributed by atoms with E-state index < -0.39 is 26.8 Å². The summed E-state index contributed by atoms with van der Waals surface area (Å²) in [6.07, 6.45) is 2.28. The Kier molecular flexibility index (Phi) is 17.8. The van der Waals surface area contributed by atoms with Gasteiger partial charge in [-0.1, -0.05) is 0 Å². The van der Waals surface area contributed by atoms with Gasteiger partial charge < -0.3 is 45.0 Å². The van der Waals surface area contributed by atoms with Crippen LogP contribution in [0.4, 0.5) is 0 Å². The third-order valence-corrected chi connectivity index (χ3v) is 13.4. The highest BCUT2D eigenvalue weighted by molar-refractivity contribution is 6.61. The first-order valence-corrected chi connectivity index (χ1v) is 15.8. The molecule has 0 aromatic rings. The molecule has 187 valence electrons. The van der Waals surface area contributed by atoms with E-state index in [9.17, 15) is 0 Å². The normalized spacial score (nSPS) is 13.2. The Labute approximate surface area is 192 Å². The topological polar surface area (TPSA) is 86.3 Å². The molecule has 0 heterocycles. The zero-order chi connectivity index (χ0) is 23.8. The van der Waals surface area contributed by atoms with Crippen molar-refractivity contribution in [3.05, 3.63) is 0 Å². The van der Waals surface area contributed by atoms with Crippen LogP contribution >= 0.6 is 0 Å². The van der Waals surface area contributed by atoms with Crippen molar-refractivity contribution in [1.29, 1.82) is 0 Å². The lowest BCUT2D eigenvalue weighted by atomic mass is 10.4. The lowest BCUT2D eigenvalue weighted by Gasteiger charge is -2.31. The Bertz CT molecular complexity index is 386. The minimum absolute atomic E-state index is 0.233. The Hall–Kier alpha value is 0.251. The molecule has 0 N–H and O–H groups in total. The lowest BCUT2D eigenvalue weighted by Crippen LogP contribution is -2.47. The molecule has 0 amide bonds. The van der Waals surface area contributed by atoms with E-state index in [0.717, 1.165) is 50.5 Å². The highest BCUT2D eigenvalue weighted by Crippen LogP contribution is 2.20. The van der Waals surface area contributed by atoms with Gasteiger partial charge in [-0.15, -0.1) is 0 Å². The molecule has 0 atom stereocenters. The third kappa shape index (κ3) is 10.8. The first-order chi connectivity index (χ1) is 14.9. The van der Waals surface area contributed by atoms with E-state index in [1.54, 1.807) is 64.0 Å². The summed E-state index contributed by atoms with van der Waals surface area (Å²) in [5.74, 6) is 0. The second-order valence-electron chi connectivity index (χ2n) is 6.82. The molecule has 0 saturated carbocycles. The largest absolute Gasteiger partial charge is 0.500 e. The summed E-state index contributed by atoms with van der Waals surface area (Å²) in [4.78, 5) is 0. The molecule has 0 fully saturated rings. The molecule has 10 nitrogen and oxygen atoms in total. The summed E-state index contributed by atoms with van der Waals surface area (Å²) in [5.41, 5.74) is 0. The molecule has 0 spiro atoms. The van der Waals surface area contributed by atoms with Crippen LogP contribution in [0.2, 0.25) is 18.1 Å². The molecule has 0 aliphatic heterocycles. The van der Waals surface area contributed by atoms with Crippen LogP contribution in [-0.2, 0) is 40.5 Å². The van der Waals surface area contributed by atoms with E-state index >= 15 is 0 Å². The van der Waals surface area contributed by atoms with Crippen molar-refractivity contribution in [1.82, 2.24) is 4.57 Å². The molecule has 0 aliphatic rings. The Morgan fingerprint density at radius 2 is 1.03 bits per heavy atom. The smallest absolute Gasteiger partial charge is 0.406 e. The average molecular weight is 503 g/mol. The van der Waals surface area contributed by atoms with Gasteiger partial charge in [-0.05, 0) is 38.4 Å². The molecule has 0 saturated heterocycles. The molecule has 13 heteroatoms. The molecule has 0 unspecified atom stereocenters. The van der Waals surface area contributed by atoms with Gasteiger partial charge in [-0.2, -0.15) is 0 Å². The number of hydrogen-bond acceptors (Lipinski definition) is 10. The maximum atomic E-state index is 5.93. The van der Waals surface area contributed by atoms with Gasteiger partial charge in [0.2, 0.25) is 0 Å². The second-order valence-corrected chi connectivity index (χ2v) is 15.3. The molecular weight excluding hydrogens is 458 g/mol. The molecule has 31 heavy (non-hydrogen) atoms. The van der Waals surface area contributed by atoms with Gasteiger partial charge in [0.1, 0.15) is 0 Å².